The first kappa shape index (κ1) is 22.2. The topological polar surface area (TPSA) is 102 Å². The van der Waals surface area contributed by atoms with Crippen molar-refractivity contribution < 1.29 is 26.3 Å². The van der Waals surface area contributed by atoms with Gasteiger partial charge in [-0.25, -0.2) is 16.8 Å². The predicted molar refractivity (Wildman–Crippen MR) is 116 cm³/mol. The summed E-state index contributed by atoms with van der Waals surface area (Å²) >= 11 is 0. The fourth-order valence-electron chi connectivity index (χ4n) is 3.19. The van der Waals surface area contributed by atoms with Crippen LogP contribution < -0.4 is 18.5 Å². The van der Waals surface area contributed by atoms with Gasteiger partial charge in [0.1, 0.15) is 16.4 Å². The maximum atomic E-state index is 13.1. The van der Waals surface area contributed by atoms with Gasteiger partial charge in [-0.15, -0.1) is 0 Å². The Labute approximate surface area is 177 Å². The molecule has 1 aliphatic heterocycles. The van der Waals surface area contributed by atoms with Crippen molar-refractivity contribution >= 4 is 31.4 Å². The summed E-state index contributed by atoms with van der Waals surface area (Å²) in [6.07, 6.45) is 1.32. The lowest BCUT2D eigenvalue weighted by Crippen LogP contribution is -2.37. The Morgan fingerprint density at radius 1 is 1.07 bits per heavy atom. The Balaban J connectivity index is 1.92. The highest BCUT2D eigenvalue weighted by molar-refractivity contribution is 7.93. The zero-order valence-electron chi connectivity index (χ0n) is 17.2. The van der Waals surface area contributed by atoms with Crippen LogP contribution in [-0.4, -0.2) is 42.3 Å². The molecule has 0 unspecified atom stereocenters. The van der Waals surface area contributed by atoms with Gasteiger partial charge in [-0.3, -0.25) is 9.03 Å². The van der Waals surface area contributed by atoms with Crippen LogP contribution in [0.3, 0.4) is 0 Å². The molecular weight excluding hydrogens is 428 g/mol. The van der Waals surface area contributed by atoms with E-state index >= 15 is 0 Å². The number of rotatable bonds is 7. The lowest BCUT2D eigenvalue weighted by molar-refractivity contribution is 0.242. The van der Waals surface area contributed by atoms with E-state index in [1.807, 2.05) is 13.8 Å². The van der Waals surface area contributed by atoms with Crippen LogP contribution in [0.2, 0.25) is 0 Å². The zero-order valence-corrected chi connectivity index (χ0v) is 18.8. The smallest absolute Gasteiger partial charge is 0.265 e. The number of nitrogens with zero attached hydrogens (tertiary/aromatic N) is 1. The Morgan fingerprint density at radius 2 is 1.77 bits per heavy atom. The molecule has 1 fully saturated rings. The minimum Gasteiger partial charge on any atom is -0.495 e. The largest absolute Gasteiger partial charge is 0.495 e. The molecule has 1 aliphatic rings. The molecule has 8 nitrogen and oxygen atoms in total. The quantitative estimate of drug-likeness (QED) is 0.689. The molecule has 1 saturated heterocycles. The van der Waals surface area contributed by atoms with Crippen molar-refractivity contribution in [3.63, 3.8) is 0 Å². The van der Waals surface area contributed by atoms with Gasteiger partial charge in [-0.05, 0) is 69.2 Å². The predicted octanol–water partition coefficient (Wildman–Crippen LogP) is 3.21. The summed E-state index contributed by atoms with van der Waals surface area (Å²) in [5.74, 6) is 0.799. The molecule has 3 rings (SSSR count). The molecule has 0 aliphatic carbocycles. The van der Waals surface area contributed by atoms with Gasteiger partial charge < -0.3 is 9.47 Å². The fraction of sp³-hybridized carbons (Fsp3) is 0.400. The van der Waals surface area contributed by atoms with Crippen LogP contribution in [0, 0.1) is 0 Å². The van der Waals surface area contributed by atoms with Crippen molar-refractivity contribution in [1.29, 1.82) is 0 Å². The third-order valence-electron chi connectivity index (χ3n) is 4.55. The summed E-state index contributed by atoms with van der Waals surface area (Å²) < 4.78 is 65.5. The Kier molecular flexibility index (Phi) is 6.47. The van der Waals surface area contributed by atoms with Crippen molar-refractivity contribution in [2.75, 3.05) is 28.4 Å². The molecule has 0 bridgehead atoms. The normalized spacial score (nSPS) is 16.3. The summed E-state index contributed by atoms with van der Waals surface area (Å²) in [4.78, 5) is -0.134. The number of ether oxygens (including phenoxy) is 2. The molecule has 30 heavy (non-hydrogen) atoms. The van der Waals surface area contributed by atoms with Gasteiger partial charge in [0.15, 0.2) is 0 Å². The second-order valence-electron chi connectivity index (χ2n) is 7.23. The molecule has 164 valence electrons. The van der Waals surface area contributed by atoms with Crippen molar-refractivity contribution in [2.24, 2.45) is 0 Å². The molecule has 1 N–H and O–H groups in total. The number of hydrogen-bond acceptors (Lipinski definition) is 6. The third-order valence-corrected chi connectivity index (χ3v) is 7.82. The molecule has 0 radical (unpaired) electrons. The summed E-state index contributed by atoms with van der Waals surface area (Å²) in [6.45, 7) is 4.12. The molecule has 0 spiro atoms. The zero-order chi connectivity index (χ0) is 21.9. The second kappa shape index (κ2) is 8.73. The Morgan fingerprint density at radius 3 is 2.37 bits per heavy atom. The monoisotopic (exact) mass is 454 g/mol. The van der Waals surface area contributed by atoms with Crippen molar-refractivity contribution in [1.82, 2.24) is 0 Å². The number of nitrogens with one attached hydrogen (secondary N) is 1. The van der Waals surface area contributed by atoms with Gasteiger partial charge in [0.2, 0.25) is 10.0 Å². The van der Waals surface area contributed by atoms with E-state index in [4.69, 9.17) is 9.47 Å². The summed E-state index contributed by atoms with van der Waals surface area (Å²) in [5, 5.41) is 0. The first-order valence-corrected chi connectivity index (χ1v) is 12.7. The van der Waals surface area contributed by atoms with E-state index in [0.29, 0.717) is 30.1 Å². The summed E-state index contributed by atoms with van der Waals surface area (Å²) in [6, 6.07) is 10.9. The lowest BCUT2D eigenvalue weighted by atomic mass is 10.2. The molecule has 0 aromatic heterocycles. The standard InChI is InChI=1S/C20H26N2O6S2/c1-15(2)28-18-9-6-16(7-10-18)21-30(25,26)20-14-17(8-11-19(20)27-3)22-12-4-5-13-29(22,23)24/h6-11,14-15,21H,4-5,12-13H2,1-3H3. The molecular formula is C20H26N2O6S2. The van der Waals surface area contributed by atoms with Crippen molar-refractivity contribution in [2.45, 2.75) is 37.7 Å². The number of anilines is 2. The van der Waals surface area contributed by atoms with E-state index in [1.54, 1.807) is 30.3 Å². The van der Waals surface area contributed by atoms with Crippen LogP contribution in [0.25, 0.3) is 0 Å². The third kappa shape index (κ3) is 4.99. The molecule has 2 aromatic rings. The minimum atomic E-state index is -4.03. The number of benzene rings is 2. The van der Waals surface area contributed by atoms with Crippen LogP contribution in [0.5, 0.6) is 11.5 Å². The van der Waals surface area contributed by atoms with E-state index in [-0.39, 0.29) is 22.5 Å². The van der Waals surface area contributed by atoms with Gasteiger partial charge in [-0.2, -0.15) is 0 Å². The summed E-state index contributed by atoms with van der Waals surface area (Å²) in [5.41, 5.74) is 0.653. The van der Waals surface area contributed by atoms with E-state index < -0.39 is 20.0 Å². The maximum Gasteiger partial charge on any atom is 0.265 e. The fourth-order valence-corrected chi connectivity index (χ4v) is 6.07. The van der Waals surface area contributed by atoms with Crippen molar-refractivity contribution in [3.8, 4) is 11.5 Å². The Hall–Kier alpha value is -2.46. The van der Waals surface area contributed by atoms with E-state index in [0.717, 1.165) is 6.42 Å². The molecule has 0 saturated carbocycles. The minimum absolute atomic E-state index is 0.00519. The van der Waals surface area contributed by atoms with Gasteiger partial charge in [-0.1, -0.05) is 0 Å². The SMILES string of the molecule is COc1ccc(N2CCCCS2(=O)=O)cc1S(=O)(=O)Nc1ccc(OC(C)C)cc1. The van der Waals surface area contributed by atoms with Crippen LogP contribution in [0.15, 0.2) is 47.4 Å². The van der Waals surface area contributed by atoms with E-state index in [9.17, 15) is 16.8 Å². The van der Waals surface area contributed by atoms with Gasteiger partial charge in [0.25, 0.3) is 10.0 Å². The van der Waals surface area contributed by atoms with Crippen LogP contribution >= 0.6 is 0 Å². The number of sulfonamides is 2. The molecule has 0 atom stereocenters. The molecule has 1 heterocycles. The average molecular weight is 455 g/mol. The van der Waals surface area contributed by atoms with Gasteiger partial charge in [0.05, 0.1) is 24.7 Å². The first-order chi connectivity index (χ1) is 14.1. The highest BCUT2D eigenvalue weighted by Gasteiger charge is 2.28. The highest BCUT2D eigenvalue weighted by atomic mass is 32.2. The number of methoxy groups -OCH3 is 1. The second-order valence-corrected chi connectivity index (χ2v) is 10.9. The highest BCUT2D eigenvalue weighted by Crippen LogP contribution is 2.33. The van der Waals surface area contributed by atoms with Crippen molar-refractivity contribution in [3.05, 3.63) is 42.5 Å². The molecule has 10 heteroatoms. The van der Waals surface area contributed by atoms with Crippen LogP contribution in [0.1, 0.15) is 26.7 Å². The van der Waals surface area contributed by atoms with E-state index in [1.165, 1.54) is 23.5 Å². The van der Waals surface area contributed by atoms with E-state index in [2.05, 4.69) is 4.72 Å². The molecule has 2 aromatic carbocycles. The number of hydrogen-bond donors (Lipinski definition) is 1. The summed E-state index contributed by atoms with van der Waals surface area (Å²) in [7, 11) is -6.13. The lowest BCUT2D eigenvalue weighted by Gasteiger charge is -2.28. The molecule has 0 amide bonds. The average Bonchev–Trinajstić information content (AvgIpc) is 2.68. The van der Waals surface area contributed by atoms with Crippen LogP contribution in [-0.2, 0) is 20.0 Å². The van der Waals surface area contributed by atoms with Crippen LogP contribution in [0.4, 0.5) is 11.4 Å². The first-order valence-electron chi connectivity index (χ1n) is 9.60. The van der Waals surface area contributed by atoms with Gasteiger partial charge >= 0.3 is 0 Å². The van der Waals surface area contributed by atoms with Gasteiger partial charge in [0, 0.05) is 12.2 Å². The Bertz CT molecular complexity index is 1100. The maximum absolute atomic E-state index is 13.1.